The number of benzene rings is 2. The van der Waals surface area contributed by atoms with Crippen molar-refractivity contribution in [2.45, 2.75) is 25.4 Å². The lowest BCUT2D eigenvalue weighted by molar-refractivity contribution is 0.0945. The summed E-state index contributed by atoms with van der Waals surface area (Å²) in [5.41, 5.74) is 4.49. The van der Waals surface area contributed by atoms with Crippen LogP contribution in [0.2, 0.25) is 0 Å². The van der Waals surface area contributed by atoms with Gasteiger partial charge in [-0.1, -0.05) is 30.3 Å². The van der Waals surface area contributed by atoms with Crippen LogP contribution in [-0.4, -0.2) is 26.9 Å². The molecule has 0 unspecified atom stereocenters. The van der Waals surface area contributed by atoms with Gasteiger partial charge in [-0.3, -0.25) is 4.79 Å². The fraction of sp³-hybridized carbons (Fsp3) is 0.167. The first-order valence-electron chi connectivity index (χ1n) is 10.2. The van der Waals surface area contributed by atoms with Crippen LogP contribution in [0.4, 0.5) is 5.82 Å². The molecule has 0 radical (unpaired) electrons. The van der Waals surface area contributed by atoms with E-state index < -0.39 is 0 Å². The molecule has 0 atom stereocenters. The molecule has 2 N–H and O–H groups in total. The Kier molecular flexibility index (Phi) is 5.34. The van der Waals surface area contributed by atoms with Gasteiger partial charge in [-0.05, 0) is 75.8 Å². The monoisotopic (exact) mass is 473 g/mol. The highest BCUT2D eigenvalue weighted by molar-refractivity contribution is 9.10. The Morgan fingerprint density at radius 1 is 1.00 bits per heavy atom. The Balaban J connectivity index is 1.37. The second-order valence-electron chi connectivity index (χ2n) is 7.60. The minimum Gasteiger partial charge on any atom is -0.367 e. The molecule has 2 aromatic heterocycles. The summed E-state index contributed by atoms with van der Waals surface area (Å²) < 4.78 is 0.637. The quantitative estimate of drug-likeness (QED) is 0.387. The number of anilines is 1. The van der Waals surface area contributed by atoms with Gasteiger partial charge < -0.3 is 10.6 Å². The Hall–Kier alpha value is -3.32. The maximum Gasteiger partial charge on any atom is 0.270 e. The summed E-state index contributed by atoms with van der Waals surface area (Å²) in [4.78, 5) is 25.4. The van der Waals surface area contributed by atoms with Gasteiger partial charge in [-0.15, -0.1) is 0 Å². The van der Waals surface area contributed by atoms with Crippen LogP contribution >= 0.6 is 15.9 Å². The van der Waals surface area contributed by atoms with Crippen LogP contribution in [0, 0.1) is 0 Å². The molecule has 6 nitrogen and oxygen atoms in total. The summed E-state index contributed by atoms with van der Waals surface area (Å²) >= 11 is 3.30. The molecule has 1 saturated carbocycles. The Bertz CT molecular complexity index is 1270. The molecule has 31 heavy (non-hydrogen) atoms. The van der Waals surface area contributed by atoms with E-state index in [1.165, 1.54) is 12.8 Å². The highest BCUT2D eigenvalue weighted by Crippen LogP contribution is 2.30. The van der Waals surface area contributed by atoms with Gasteiger partial charge in [0.15, 0.2) is 0 Å². The van der Waals surface area contributed by atoms with Crippen LogP contribution in [0.1, 0.15) is 28.9 Å². The number of aromatic nitrogens is 3. The third-order valence-electron chi connectivity index (χ3n) is 5.21. The first-order chi connectivity index (χ1) is 15.2. The number of carbonyl (C=O) groups excluding carboxylic acids is 1. The third kappa shape index (κ3) is 4.56. The standard InChI is InChI=1S/C24H20BrN5O/c25-22-6-2-5-21(30-22)24(31)26-13-15-3-1-4-16(11-15)17-7-10-20-19(12-17)23(28-14-27-20)29-18-8-9-18/h1-7,10-12,14,18H,8-9,13H2,(H,26,31)(H,27,28,29). The Morgan fingerprint density at radius 2 is 1.84 bits per heavy atom. The van der Waals surface area contributed by atoms with Crippen molar-refractivity contribution >= 4 is 38.6 Å². The fourth-order valence-electron chi connectivity index (χ4n) is 3.44. The van der Waals surface area contributed by atoms with Gasteiger partial charge in [0, 0.05) is 18.0 Å². The summed E-state index contributed by atoms with van der Waals surface area (Å²) in [5.74, 6) is 0.685. The highest BCUT2D eigenvalue weighted by Gasteiger charge is 2.22. The highest BCUT2D eigenvalue weighted by atomic mass is 79.9. The minimum atomic E-state index is -0.203. The predicted octanol–water partition coefficient (Wildman–Crippen LogP) is 4.96. The maximum absolute atomic E-state index is 12.4. The van der Waals surface area contributed by atoms with Crippen molar-refractivity contribution in [3.63, 3.8) is 0 Å². The van der Waals surface area contributed by atoms with Crippen LogP contribution in [0.25, 0.3) is 22.0 Å². The molecular formula is C24H20BrN5O. The molecule has 0 spiro atoms. The molecule has 1 amide bonds. The lowest BCUT2D eigenvalue weighted by atomic mass is 10.0. The second kappa shape index (κ2) is 8.43. The van der Waals surface area contributed by atoms with E-state index in [4.69, 9.17) is 0 Å². The van der Waals surface area contributed by atoms with Gasteiger partial charge in [0.2, 0.25) is 0 Å². The lowest BCUT2D eigenvalue weighted by Crippen LogP contribution is -2.23. The van der Waals surface area contributed by atoms with Gasteiger partial charge in [0.05, 0.1) is 5.52 Å². The van der Waals surface area contributed by atoms with E-state index in [9.17, 15) is 4.79 Å². The number of pyridine rings is 1. The molecule has 154 valence electrons. The molecule has 5 rings (SSSR count). The normalized spacial score (nSPS) is 13.2. The van der Waals surface area contributed by atoms with Crippen LogP contribution in [0.3, 0.4) is 0 Å². The number of fused-ring (bicyclic) bond motifs is 1. The molecule has 2 aromatic carbocycles. The second-order valence-corrected chi connectivity index (χ2v) is 8.41. The van der Waals surface area contributed by atoms with E-state index in [0.717, 1.165) is 33.4 Å². The van der Waals surface area contributed by atoms with Gasteiger partial charge in [0.25, 0.3) is 5.91 Å². The predicted molar refractivity (Wildman–Crippen MR) is 125 cm³/mol. The van der Waals surface area contributed by atoms with Crippen molar-refractivity contribution in [2.24, 2.45) is 0 Å². The van der Waals surface area contributed by atoms with Crippen molar-refractivity contribution in [1.82, 2.24) is 20.3 Å². The number of halogens is 1. The van der Waals surface area contributed by atoms with Gasteiger partial charge >= 0.3 is 0 Å². The maximum atomic E-state index is 12.4. The minimum absolute atomic E-state index is 0.203. The first-order valence-corrected chi connectivity index (χ1v) is 11.0. The SMILES string of the molecule is O=C(NCc1cccc(-c2ccc3ncnc(NC4CC4)c3c2)c1)c1cccc(Br)n1. The van der Waals surface area contributed by atoms with Gasteiger partial charge in [-0.2, -0.15) is 0 Å². The number of rotatable bonds is 6. The Morgan fingerprint density at radius 3 is 2.68 bits per heavy atom. The van der Waals surface area contributed by atoms with E-state index in [2.05, 4.69) is 65.8 Å². The average Bonchev–Trinajstić information content (AvgIpc) is 3.62. The number of amides is 1. The molecule has 4 aromatic rings. The smallest absolute Gasteiger partial charge is 0.270 e. The molecule has 1 aliphatic rings. The third-order valence-corrected chi connectivity index (χ3v) is 5.66. The van der Waals surface area contributed by atoms with Gasteiger partial charge in [0.1, 0.15) is 22.4 Å². The van der Waals surface area contributed by atoms with Crippen LogP contribution < -0.4 is 10.6 Å². The largest absolute Gasteiger partial charge is 0.367 e. The number of nitrogens with zero attached hydrogens (tertiary/aromatic N) is 3. The zero-order valence-electron chi connectivity index (χ0n) is 16.7. The molecule has 2 heterocycles. The fourth-order valence-corrected chi connectivity index (χ4v) is 3.78. The van der Waals surface area contributed by atoms with E-state index in [0.29, 0.717) is 22.9 Å². The molecule has 0 saturated heterocycles. The van der Waals surface area contributed by atoms with E-state index in [-0.39, 0.29) is 5.91 Å². The van der Waals surface area contributed by atoms with Gasteiger partial charge in [-0.25, -0.2) is 15.0 Å². The first kappa shape index (κ1) is 19.6. The van der Waals surface area contributed by atoms with Crippen LogP contribution in [-0.2, 0) is 6.54 Å². The summed E-state index contributed by atoms with van der Waals surface area (Å²) in [6.45, 7) is 0.423. The molecule has 1 aliphatic carbocycles. The zero-order chi connectivity index (χ0) is 21.2. The number of hydrogen-bond donors (Lipinski definition) is 2. The van der Waals surface area contributed by atoms with Crippen LogP contribution in [0.15, 0.2) is 71.6 Å². The Labute approximate surface area is 188 Å². The van der Waals surface area contributed by atoms with Crippen molar-refractivity contribution in [3.05, 3.63) is 82.9 Å². The van der Waals surface area contributed by atoms with Crippen molar-refractivity contribution in [2.75, 3.05) is 5.32 Å². The van der Waals surface area contributed by atoms with Crippen molar-refractivity contribution in [3.8, 4) is 11.1 Å². The zero-order valence-corrected chi connectivity index (χ0v) is 18.3. The van der Waals surface area contributed by atoms with E-state index >= 15 is 0 Å². The molecule has 0 bridgehead atoms. The number of hydrogen-bond acceptors (Lipinski definition) is 5. The van der Waals surface area contributed by atoms with E-state index in [1.807, 2.05) is 18.2 Å². The number of carbonyl (C=O) groups is 1. The summed E-state index contributed by atoms with van der Waals surface area (Å²) in [6, 6.07) is 20.2. The molecule has 1 fully saturated rings. The average molecular weight is 474 g/mol. The van der Waals surface area contributed by atoms with E-state index in [1.54, 1.807) is 24.5 Å². The van der Waals surface area contributed by atoms with Crippen molar-refractivity contribution < 1.29 is 4.79 Å². The topological polar surface area (TPSA) is 79.8 Å². The molecule has 7 heteroatoms. The summed E-state index contributed by atoms with van der Waals surface area (Å²) in [7, 11) is 0. The lowest BCUT2D eigenvalue weighted by Gasteiger charge is -2.10. The summed E-state index contributed by atoms with van der Waals surface area (Å²) in [5, 5.41) is 7.45. The molecular weight excluding hydrogens is 454 g/mol. The summed E-state index contributed by atoms with van der Waals surface area (Å²) in [6.07, 6.45) is 3.99. The van der Waals surface area contributed by atoms with Crippen LogP contribution in [0.5, 0.6) is 0 Å². The number of nitrogens with one attached hydrogen (secondary N) is 2. The molecule has 0 aliphatic heterocycles. The van der Waals surface area contributed by atoms with Crippen molar-refractivity contribution in [1.29, 1.82) is 0 Å².